The summed E-state index contributed by atoms with van der Waals surface area (Å²) in [6, 6.07) is -0.652. The summed E-state index contributed by atoms with van der Waals surface area (Å²) in [4.78, 5) is 37.4. The molecule has 2 aromatic rings. The van der Waals surface area contributed by atoms with Crippen LogP contribution < -0.4 is 11.5 Å². The second-order valence-electron chi connectivity index (χ2n) is 10.7. The first kappa shape index (κ1) is 33.2. The van der Waals surface area contributed by atoms with Gasteiger partial charge in [-0.25, -0.2) is 9.97 Å². The Balaban J connectivity index is 1.79. The van der Waals surface area contributed by atoms with Gasteiger partial charge in [-0.05, 0) is 38.0 Å². The number of rotatable bonds is 21. The van der Waals surface area contributed by atoms with Gasteiger partial charge in [0.1, 0.15) is 11.6 Å². The molecule has 0 fully saturated rings. The molecule has 0 spiro atoms. The second-order valence-corrected chi connectivity index (χ2v) is 10.7. The minimum atomic E-state index is -0.652. The molecular weight excluding hydrogens is 508 g/mol. The first-order valence-electron chi connectivity index (χ1n) is 15.0. The van der Waals surface area contributed by atoms with Crippen molar-refractivity contribution in [1.29, 1.82) is 0 Å². The van der Waals surface area contributed by atoms with Crippen LogP contribution in [0.3, 0.4) is 0 Å². The monoisotopic (exact) mass is 558 g/mol. The molecule has 0 aromatic carbocycles. The summed E-state index contributed by atoms with van der Waals surface area (Å²) >= 11 is 0. The van der Waals surface area contributed by atoms with Crippen molar-refractivity contribution in [3.05, 3.63) is 24.7 Å². The largest absolute Gasteiger partial charge is 0.465 e. The van der Waals surface area contributed by atoms with Crippen molar-refractivity contribution in [3.8, 4) is 0 Å². The van der Waals surface area contributed by atoms with Gasteiger partial charge in [0.2, 0.25) is 5.95 Å². The zero-order chi connectivity index (χ0) is 29.2. The predicted octanol–water partition coefficient (Wildman–Crippen LogP) is 5.35. The number of aromatic nitrogens is 4. The van der Waals surface area contributed by atoms with Crippen molar-refractivity contribution in [2.24, 2.45) is 17.6 Å². The standard InChI is InChI=1S/C30H50N6O4/c1-4-6-7-8-9-10-11-12-13-14-15-16-26(37)40-21-24(17-18-39-29(38)27(31)23(3)5-2)20-36-22-34-25-19-33-30(32)35-28(25)36/h8-9,19,22-24,27H,4-7,10-18,20-21,31H2,1-3H3,(H2,32,33,35)/t23-,24?,27-/m0/s1. The van der Waals surface area contributed by atoms with Gasteiger partial charge in [-0.2, -0.15) is 4.98 Å². The third-order valence-corrected chi connectivity index (χ3v) is 7.25. The summed E-state index contributed by atoms with van der Waals surface area (Å²) in [6.45, 7) is 6.99. The van der Waals surface area contributed by atoms with E-state index in [4.69, 9.17) is 20.9 Å². The topological polar surface area (TPSA) is 148 Å². The summed E-state index contributed by atoms with van der Waals surface area (Å²) in [6.07, 6.45) is 19.7. The second kappa shape index (κ2) is 19.1. The van der Waals surface area contributed by atoms with Gasteiger partial charge in [-0.3, -0.25) is 9.59 Å². The molecule has 4 N–H and O–H groups in total. The maximum atomic E-state index is 12.5. The van der Waals surface area contributed by atoms with E-state index in [1.165, 1.54) is 32.1 Å². The number of ether oxygens (including phenoxy) is 2. The molecule has 0 saturated heterocycles. The lowest BCUT2D eigenvalue weighted by Gasteiger charge is -2.20. The smallest absolute Gasteiger partial charge is 0.323 e. The zero-order valence-corrected chi connectivity index (χ0v) is 24.7. The Labute approximate surface area is 239 Å². The van der Waals surface area contributed by atoms with Gasteiger partial charge in [0.15, 0.2) is 5.65 Å². The maximum absolute atomic E-state index is 12.5. The number of hydrogen-bond acceptors (Lipinski definition) is 9. The molecule has 0 aliphatic rings. The molecule has 224 valence electrons. The number of esters is 2. The van der Waals surface area contributed by atoms with Crippen molar-refractivity contribution in [3.63, 3.8) is 0 Å². The van der Waals surface area contributed by atoms with Crippen LogP contribution in [0, 0.1) is 11.8 Å². The third kappa shape index (κ3) is 12.4. The highest BCUT2D eigenvalue weighted by molar-refractivity contribution is 5.75. The highest BCUT2D eigenvalue weighted by Crippen LogP contribution is 2.16. The summed E-state index contributed by atoms with van der Waals surface area (Å²) in [5, 5.41) is 0. The first-order valence-corrected chi connectivity index (χ1v) is 15.0. The number of allylic oxidation sites excluding steroid dienone is 2. The van der Waals surface area contributed by atoms with Gasteiger partial charge >= 0.3 is 11.9 Å². The minimum Gasteiger partial charge on any atom is -0.465 e. The molecule has 0 saturated carbocycles. The van der Waals surface area contributed by atoms with E-state index in [1.54, 1.807) is 12.5 Å². The fourth-order valence-corrected chi connectivity index (χ4v) is 4.32. The number of nitrogens with zero attached hydrogens (tertiary/aromatic N) is 4. The zero-order valence-electron chi connectivity index (χ0n) is 24.7. The quantitative estimate of drug-likeness (QED) is 0.117. The molecule has 0 amide bonds. The van der Waals surface area contributed by atoms with Crippen LogP contribution in [0.5, 0.6) is 0 Å². The summed E-state index contributed by atoms with van der Waals surface area (Å²) in [5.41, 5.74) is 13.0. The van der Waals surface area contributed by atoms with Gasteiger partial charge in [-0.1, -0.05) is 71.4 Å². The van der Waals surface area contributed by atoms with E-state index in [-0.39, 0.29) is 37.0 Å². The van der Waals surface area contributed by atoms with Crippen LogP contribution in [0.15, 0.2) is 24.7 Å². The number of carbonyl (C=O) groups excluding carboxylic acids is 2. The summed E-state index contributed by atoms with van der Waals surface area (Å²) in [5.74, 6) is -0.531. The fraction of sp³-hybridized carbons (Fsp3) is 0.700. The molecule has 0 aliphatic heterocycles. The van der Waals surface area contributed by atoms with E-state index in [1.807, 2.05) is 18.4 Å². The highest BCUT2D eigenvalue weighted by Gasteiger charge is 2.22. The molecule has 3 atom stereocenters. The Bertz CT molecular complexity index is 1040. The van der Waals surface area contributed by atoms with E-state index in [9.17, 15) is 9.59 Å². The SMILES string of the molecule is CCCCC=CCCCCCCCC(=O)OCC(CCOC(=O)[C@@H](N)[C@@H](C)CC)Cn1cnc2cnc(N)nc21. The van der Waals surface area contributed by atoms with Crippen molar-refractivity contribution >= 4 is 29.1 Å². The summed E-state index contributed by atoms with van der Waals surface area (Å²) in [7, 11) is 0. The molecule has 2 aromatic heterocycles. The lowest BCUT2D eigenvalue weighted by atomic mass is 10.0. The molecule has 10 heteroatoms. The molecule has 0 radical (unpaired) electrons. The lowest BCUT2D eigenvalue weighted by Crippen LogP contribution is -2.38. The third-order valence-electron chi connectivity index (χ3n) is 7.25. The van der Waals surface area contributed by atoms with Crippen LogP contribution in [-0.2, 0) is 25.6 Å². The number of carbonyl (C=O) groups is 2. The van der Waals surface area contributed by atoms with Crippen LogP contribution in [0.1, 0.15) is 97.8 Å². The van der Waals surface area contributed by atoms with Gasteiger partial charge in [0.25, 0.3) is 0 Å². The van der Waals surface area contributed by atoms with Gasteiger partial charge < -0.3 is 25.5 Å². The molecule has 40 heavy (non-hydrogen) atoms. The normalized spacial score (nSPS) is 13.9. The van der Waals surface area contributed by atoms with Crippen LogP contribution >= 0.6 is 0 Å². The summed E-state index contributed by atoms with van der Waals surface area (Å²) < 4.78 is 13.0. The number of hydrogen-bond donors (Lipinski definition) is 2. The molecule has 0 bridgehead atoms. The Morgan fingerprint density at radius 1 is 1.02 bits per heavy atom. The minimum absolute atomic E-state index is 0.0408. The number of nitrogen functional groups attached to an aromatic ring is 1. The van der Waals surface area contributed by atoms with E-state index in [2.05, 4.69) is 34.0 Å². The molecule has 0 aliphatic carbocycles. The Morgan fingerprint density at radius 2 is 1.75 bits per heavy atom. The number of fused-ring (bicyclic) bond motifs is 1. The molecule has 2 rings (SSSR count). The number of anilines is 1. The number of unbranched alkanes of at least 4 members (excludes halogenated alkanes) is 7. The lowest BCUT2D eigenvalue weighted by molar-refractivity contribution is -0.149. The van der Waals surface area contributed by atoms with Crippen LogP contribution in [-0.4, -0.2) is 50.7 Å². The molecular formula is C30H50N6O4. The van der Waals surface area contributed by atoms with E-state index >= 15 is 0 Å². The van der Waals surface area contributed by atoms with E-state index in [0.717, 1.165) is 32.1 Å². The molecule has 10 nitrogen and oxygen atoms in total. The van der Waals surface area contributed by atoms with Crippen LogP contribution in [0.2, 0.25) is 0 Å². The average Bonchev–Trinajstić information content (AvgIpc) is 3.34. The Morgan fingerprint density at radius 3 is 2.50 bits per heavy atom. The average molecular weight is 559 g/mol. The number of imidazole rings is 1. The Hall–Kier alpha value is -3.01. The Kier molecular flexibility index (Phi) is 15.9. The van der Waals surface area contributed by atoms with Gasteiger partial charge in [-0.15, -0.1) is 0 Å². The molecule has 2 heterocycles. The van der Waals surface area contributed by atoms with Gasteiger partial charge in [0, 0.05) is 18.9 Å². The predicted molar refractivity (Wildman–Crippen MR) is 158 cm³/mol. The van der Waals surface area contributed by atoms with Crippen molar-refractivity contribution < 1.29 is 19.1 Å². The van der Waals surface area contributed by atoms with Crippen molar-refractivity contribution in [2.75, 3.05) is 18.9 Å². The fourth-order valence-electron chi connectivity index (χ4n) is 4.32. The number of nitrogens with two attached hydrogens (primary N) is 2. The van der Waals surface area contributed by atoms with Crippen LogP contribution in [0.4, 0.5) is 5.95 Å². The molecule has 1 unspecified atom stereocenters. The van der Waals surface area contributed by atoms with Gasteiger partial charge in [0.05, 0.1) is 25.7 Å². The van der Waals surface area contributed by atoms with Crippen molar-refractivity contribution in [1.82, 2.24) is 19.5 Å². The maximum Gasteiger partial charge on any atom is 0.323 e. The van der Waals surface area contributed by atoms with E-state index < -0.39 is 12.0 Å². The van der Waals surface area contributed by atoms with Crippen molar-refractivity contribution in [2.45, 2.75) is 110 Å². The highest BCUT2D eigenvalue weighted by atomic mass is 16.5. The van der Waals surface area contributed by atoms with E-state index in [0.29, 0.717) is 30.6 Å². The van der Waals surface area contributed by atoms with Crippen LogP contribution in [0.25, 0.3) is 11.2 Å². The first-order chi connectivity index (χ1) is 19.3.